The maximum atomic E-state index is 13.1. The molecule has 0 aromatic heterocycles. The monoisotopic (exact) mass is 445 g/mol. The first kappa shape index (κ1) is 22.9. The van der Waals surface area contributed by atoms with Crippen molar-refractivity contribution in [3.05, 3.63) is 65.2 Å². The van der Waals surface area contributed by atoms with Crippen LogP contribution in [-0.4, -0.2) is 58.5 Å². The SMILES string of the molecule is CNC(=O)c1ccc(CN(C(=O)c2ccc(S(=O)(=O)NCCOC)cc2)C2CC2)cc1. The van der Waals surface area contributed by atoms with E-state index in [2.05, 4.69) is 10.0 Å². The van der Waals surface area contributed by atoms with Gasteiger partial charge in [-0.2, -0.15) is 0 Å². The lowest BCUT2D eigenvalue weighted by Crippen LogP contribution is -2.32. The van der Waals surface area contributed by atoms with Gasteiger partial charge in [0.05, 0.1) is 11.5 Å². The molecular weight excluding hydrogens is 418 g/mol. The van der Waals surface area contributed by atoms with Crippen molar-refractivity contribution in [1.82, 2.24) is 14.9 Å². The number of carbonyl (C=O) groups is 2. The Bertz CT molecular complexity index is 1020. The molecule has 0 bridgehead atoms. The fourth-order valence-corrected chi connectivity index (χ4v) is 4.17. The van der Waals surface area contributed by atoms with Crippen molar-refractivity contribution >= 4 is 21.8 Å². The van der Waals surface area contributed by atoms with Crippen molar-refractivity contribution in [2.45, 2.75) is 30.3 Å². The van der Waals surface area contributed by atoms with Gasteiger partial charge in [0.1, 0.15) is 0 Å². The molecule has 1 aliphatic rings. The summed E-state index contributed by atoms with van der Waals surface area (Å²) in [6, 6.07) is 13.3. The average Bonchev–Trinajstić information content (AvgIpc) is 3.62. The molecule has 2 aromatic rings. The average molecular weight is 446 g/mol. The molecule has 0 spiro atoms. The molecule has 2 aromatic carbocycles. The van der Waals surface area contributed by atoms with Crippen molar-refractivity contribution < 1.29 is 22.7 Å². The molecule has 0 heterocycles. The third-order valence-corrected chi connectivity index (χ3v) is 6.53. The first-order valence-electron chi connectivity index (χ1n) is 10.1. The smallest absolute Gasteiger partial charge is 0.254 e. The van der Waals surface area contributed by atoms with E-state index in [9.17, 15) is 18.0 Å². The van der Waals surface area contributed by atoms with Gasteiger partial charge in [-0.15, -0.1) is 0 Å². The quantitative estimate of drug-likeness (QED) is 0.543. The van der Waals surface area contributed by atoms with E-state index in [4.69, 9.17) is 4.74 Å². The van der Waals surface area contributed by atoms with Crippen LogP contribution < -0.4 is 10.0 Å². The molecule has 0 atom stereocenters. The van der Waals surface area contributed by atoms with Gasteiger partial charge in [0, 0.05) is 44.4 Å². The van der Waals surface area contributed by atoms with E-state index in [0.29, 0.717) is 17.7 Å². The number of methoxy groups -OCH3 is 1. The lowest BCUT2D eigenvalue weighted by molar-refractivity contribution is 0.0729. The first-order valence-corrected chi connectivity index (χ1v) is 11.5. The molecule has 1 aliphatic carbocycles. The number of ether oxygens (including phenoxy) is 1. The molecule has 166 valence electrons. The van der Waals surface area contributed by atoms with Crippen molar-refractivity contribution in [1.29, 1.82) is 0 Å². The van der Waals surface area contributed by atoms with Gasteiger partial charge in [-0.25, -0.2) is 13.1 Å². The number of hydrogen-bond acceptors (Lipinski definition) is 5. The molecule has 0 aliphatic heterocycles. The summed E-state index contributed by atoms with van der Waals surface area (Å²) in [5.41, 5.74) is 1.92. The summed E-state index contributed by atoms with van der Waals surface area (Å²) in [5.74, 6) is -0.303. The second kappa shape index (κ2) is 10.0. The Balaban J connectivity index is 1.71. The van der Waals surface area contributed by atoms with Gasteiger partial charge < -0.3 is 15.0 Å². The number of benzene rings is 2. The van der Waals surface area contributed by atoms with Gasteiger partial charge in [0.15, 0.2) is 0 Å². The van der Waals surface area contributed by atoms with Crippen LogP contribution in [-0.2, 0) is 21.3 Å². The molecule has 8 nitrogen and oxygen atoms in total. The zero-order chi connectivity index (χ0) is 22.4. The van der Waals surface area contributed by atoms with Crippen LogP contribution in [0.2, 0.25) is 0 Å². The van der Waals surface area contributed by atoms with Crippen LogP contribution in [0.15, 0.2) is 53.4 Å². The number of nitrogens with zero attached hydrogens (tertiary/aromatic N) is 1. The largest absolute Gasteiger partial charge is 0.383 e. The molecule has 1 saturated carbocycles. The van der Waals surface area contributed by atoms with E-state index in [1.54, 1.807) is 24.1 Å². The van der Waals surface area contributed by atoms with Crippen LogP contribution in [0.3, 0.4) is 0 Å². The van der Waals surface area contributed by atoms with Gasteiger partial charge >= 0.3 is 0 Å². The minimum absolute atomic E-state index is 0.0999. The zero-order valence-electron chi connectivity index (χ0n) is 17.6. The molecule has 31 heavy (non-hydrogen) atoms. The minimum Gasteiger partial charge on any atom is -0.383 e. The third-order valence-electron chi connectivity index (χ3n) is 5.05. The Hall–Kier alpha value is -2.75. The summed E-state index contributed by atoms with van der Waals surface area (Å²) in [6.45, 7) is 0.875. The first-order chi connectivity index (χ1) is 14.9. The Kier molecular flexibility index (Phi) is 7.42. The van der Waals surface area contributed by atoms with E-state index >= 15 is 0 Å². The van der Waals surface area contributed by atoms with Gasteiger partial charge in [-0.3, -0.25) is 9.59 Å². The van der Waals surface area contributed by atoms with Gasteiger partial charge in [0.25, 0.3) is 11.8 Å². The molecule has 3 rings (SSSR count). The molecule has 0 radical (unpaired) electrons. The van der Waals surface area contributed by atoms with Crippen LogP contribution in [0.4, 0.5) is 0 Å². The highest BCUT2D eigenvalue weighted by atomic mass is 32.2. The Morgan fingerprint density at radius 3 is 2.19 bits per heavy atom. The number of sulfonamides is 1. The van der Waals surface area contributed by atoms with Crippen molar-refractivity contribution in [3.63, 3.8) is 0 Å². The Labute approximate surface area is 182 Å². The number of carbonyl (C=O) groups excluding carboxylic acids is 2. The normalized spacial score (nSPS) is 13.6. The molecule has 0 saturated heterocycles. The van der Waals surface area contributed by atoms with E-state index in [1.807, 2.05) is 12.1 Å². The topological polar surface area (TPSA) is 105 Å². The van der Waals surface area contributed by atoms with Crippen molar-refractivity contribution in [3.8, 4) is 0 Å². The summed E-state index contributed by atoms with van der Waals surface area (Å²) in [5, 5.41) is 2.58. The Morgan fingerprint density at radius 2 is 1.65 bits per heavy atom. The number of rotatable bonds is 10. The fourth-order valence-electron chi connectivity index (χ4n) is 3.16. The van der Waals surface area contributed by atoms with Crippen LogP contribution in [0.1, 0.15) is 39.1 Å². The standard InChI is InChI=1S/C22H27N3O5S/c1-23-21(26)17-5-3-16(4-6-17)15-25(19-9-10-19)22(27)18-7-11-20(12-8-18)31(28,29)24-13-14-30-2/h3-8,11-12,19,24H,9-10,13-15H2,1-2H3,(H,23,26). The van der Waals surface area contributed by atoms with Crippen LogP contribution in [0, 0.1) is 0 Å². The van der Waals surface area contributed by atoms with Crippen molar-refractivity contribution in [2.24, 2.45) is 0 Å². The predicted molar refractivity (Wildman–Crippen MR) is 116 cm³/mol. The molecule has 1 fully saturated rings. The summed E-state index contributed by atoms with van der Waals surface area (Å²) in [6.07, 6.45) is 1.88. The highest BCUT2D eigenvalue weighted by Crippen LogP contribution is 2.30. The molecule has 0 unspecified atom stereocenters. The summed E-state index contributed by atoms with van der Waals surface area (Å²) < 4.78 is 31.9. The maximum absolute atomic E-state index is 13.1. The second-order valence-electron chi connectivity index (χ2n) is 7.36. The van der Waals surface area contributed by atoms with Gasteiger partial charge in [-0.05, 0) is 54.8 Å². The van der Waals surface area contributed by atoms with Crippen LogP contribution in [0.5, 0.6) is 0 Å². The van der Waals surface area contributed by atoms with Gasteiger partial charge in [0.2, 0.25) is 10.0 Å². The zero-order valence-corrected chi connectivity index (χ0v) is 18.4. The maximum Gasteiger partial charge on any atom is 0.254 e. The van der Waals surface area contributed by atoms with E-state index in [-0.39, 0.29) is 35.9 Å². The van der Waals surface area contributed by atoms with E-state index in [1.165, 1.54) is 31.4 Å². The summed E-state index contributed by atoms with van der Waals surface area (Å²) in [4.78, 5) is 26.7. The lowest BCUT2D eigenvalue weighted by Gasteiger charge is -2.23. The van der Waals surface area contributed by atoms with E-state index < -0.39 is 10.0 Å². The Morgan fingerprint density at radius 1 is 1.03 bits per heavy atom. The second-order valence-corrected chi connectivity index (χ2v) is 9.12. The predicted octanol–water partition coefficient (Wildman–Crippen LogP) is 1.78. The lowest BCUT2D eigenvalue weighted by atomic mass is 10.1. The number of nitrogens with one attached hydrogen (secondary N) is 2. The third kappa shape index (κ3) is 5.90. The van der Waals surface area contributed by atoms with Gasteiger partial charge in [-0.1, -0.05) is 12.1 Å². The number of hydrogen-bond donors (Lipinski definition) is 2. The fraction of sp³-hybridized carbons (Fsp3) is 0.364. The molecule has 2 N–H and O–H groups in total. The van der Waals surface area contributed by atoms with E-state index in [0.717, 1.165) is 18.4 Å². The molecule has 2 amide bonds. The molecular formula is C22H27N3O5S. The van der Waals surface area contributed by atoms with Crippen LogP contribution >= 0.6 is 0 Å². The summed E-state index contributed by atoms with van der Waals surface area (Å²) >= 11 is 0. The van der Waals surface area contributed by atoms with Crippen LogP contribution in [0.25, 0.3) is 0 Å². The highest BCUT2D eigenvalue weighted by molar-refractivity contribution is 7.89. The highest BCUT2D eigenvalue weighted by Gasteiger charge is 2.33. The minimum atomic E-state index is -3.65. The van der Waals surface area contributed by atoms with Crippen molar-refractivity contribution in [2.75, 3.05) is 27.3 Å². The molecule has 9 heteroatoms. The summed E-state index contributed by atoms with van der Waals surface area (Å²) in [7, 11) is -0.573. The number of amides is 2.